The van der Waals surface area contributed by atoms with E-state index in [1.165, 1.54) is 0 Å². The quantitative estimate of drug-likeness (QED) is 0.550. The van der Waals surface area contributed by atoms with E-state index in [4.69, 9.17) is 9.84 Å². The molecule has 1 rings (SSSR count). The average molecular weight is 163 g/mol. The first-order valence-electron chi connectivity index (χ1n) is 4.16. The number of rotatable bonds is 0. The van der Waals surface area contributed by atoms with Crippen LogP contribution in [-0.4, -0.2) is 38.0 Å². The molecule has 0 spiro atoms. The standard InChI is InChI=1S/C5H11NO.C2H6.CH4O/c1-5-4-6-2-3-7-5;2*1-2/h5-6H,2-4H2,1H3;1-2H3;2H,1H3. The molecule has 0 saturated carbocycles. The van der Waals surface area contributed by atoms with Gasteiger partial charge in [-0.2, -0.15) is 0 Å². The maximum absolute atomic E-state index is 7.00. The van der Waals surface area contributed by atoms with Gasteiger partial charge in [0.25, 0.3) is 0 Å². The van der Waals surface area contributed by atoms with Crippen LogP contribution in [0.4, 0.5) is 0 Å². The van der Waals surface area contributed by atoms with E-state index in [0.29, 0.717) is 6.10 Å². The molecule has 1 fully saturated rings. The number of morpholine rings is 1. The largest absolute Gasteiger partial charge is 0.400 e. The second-order valence-electron chi connectivity index (χ2n) is 1.89. The molecule has 2 N–H and O–H groups in total. The highest BCUT2D eigenvalue weighted by atomic mass is 16.5. The van der Waals surface area contributed by atoms with E-state index in [2.05, 4.69) is 12.2 Å². The molecule has 3 nitrogen and oxygen atoms in total. The van der Waals surface area contributed by atoms with Gasteiger partial charge >= 0.3 is 0 Å². The second kappa shape index (κ2) is 12.5. The Hall–Kier alpha value is -0.120. The van der Waals surface area contributed by atoms with Crippen LogP contribution in [0.5, 0.6) is 0 Å². The zero-order chi connectivity index (χ0) is 9.11. The van der Waals surface area contributed by atoms with Crippen molar-refractivity contribution in [3.63, 3.8) is 0 Å². The van der Waals surface area contributed by atoms with Gasteiger partial charge in [-0.15, -0.1) is 0 Å². The Labute approximate surface area is 69.8 Å². The fraction of sp³-hybridized carbons (Fsp3) is 1.00. The van der Waals surface area contributed by atoms with E-state index in [1.54, 1.807) is 0 Å². The first-order chi connectivity index (χ1) is 5.39. The summed E-state index contributed by atoms with van der Waals surface area (Å²) in [6.45, 7) is 8.98. The third-order valence-electron chi connectivity index (χ3n) is 1.11. The number of ether oxygens (including phenoxy) is 1. The number of aliphatic hydroxyl groups excluding tert-OH is 1. The molecule has 0 aromatic heterocycles. The molecule has 11 heavy (non-hydrogen) atoms. The molecule has 1 unspecified atom stereocenters. The molecule has 3 heteroatoms. The third kappa shape index (κ3) is 9.88. The van der Waals surface area contributed by atoms with Crippen molar-refractivity contribution in [1.29, 1.82) is 0 Å². The predicted molar refractivity (Wildman–Crippen MR) is 47.8 cm³/mol. The summed E-state index contributed by atoms with van der Waals surface area (Å²) in [5.74, 6) is 0. The van der Waals surface area contributed by atoms with Crippen LogP contribution >= 0.6 is 0 Å². The fourth-order valence-electron chi connectivity index (χ4n) is 0.697. The number of hydrogen-bond acceptors (Lipinski definition) is 3. The molecule has 0 amide bonds. The van der Waals surface area contributed by atoms with Gasteiger partial charge in [0.05, 0.1) is 12.7 Å². The highest BCUT2D eigenvalue weighted by molar-refractivity contribution is 4.59. The van der Waals surface area contributed by atoms with Crippen molar-refractivity contribution in [3.05, 3.63) is 0 Å². The van der Waals surface area contributed by atoms with Crippen LogP contribution in [-0.2, 0) is 4.74 Å². The summed E-state index contributed by atoms with van der Waals surface area (Å²) in [5.41, 5.74) is 0. The minimum absolute atomic E-state index is 0.425. The van der Waals surface area contributed by atoms with Crippen LogP contribution in [0, 0.1) is 0 Å². The maximum atomic E-state index is 7.00. The van der Waals surface area contributed by atoms with E-state index < -0.39 is 0 Å². The molecule has 1 heterocycles. The van der Waals surface area contributed by atoms with Crippen molar-refractivity contribution in [2.75, 3.05) is 26.8 Å². The molecular weight excluding hydrogens is 142 g/mol. The summed E-state index contributed by atoms with van der Waals surface area (Å²) in [6, 6.07) is 0. The van der Waals surface area contributed by atoms with Gasteiger partial charge in [-0.1, -0.05) is 13.8 Å². The lowest BCUT2D eigenvalue weighted by molar-refractivity contribution is 0.0410. The molecule has 0 bridgehead atoms. The van der Waals surface area contributed by atoms with Crippen LogP contribution in [0.25, 0.3) is 0 Å². The van der Waals surface area contributed by atoms with Gasteiger partial charge in [0, 0.05) is 20.2 Å². The third-order valence-corrected chi connectivity index (χ3v) is 1.11. The van der Waals surface area contributed by atoms with Crippen LogP contribution in [0.2, 0.25) is 0 Å². The molecule has 70 valence electrons. The first-order valence-corrected chi connectivity index (χ1v) is 4.16. The Bertz CT molecular complexity index is 54.1. The minimum atomic E-state index is 0.425. The Morgan fingerprint density at radius 1 is 1.36 bits per heavy atom. The second-order valence-corrected chi connectivity index (χ2v) is 1.89. The Morgan fingerprint density at radius 2 is 1.91 bits per heavy atom. The average Bonchev–Trinajstić information content (AvgIpc) is 2.13. The molecule has 1 saturated heterocycles. The Kier molecular flexibility index (Phi) is 15.4. The van der Waals surface area contributed by atoms with E-state index >= 15 is 0 Å². The first kappa shape index (κ1) is 13.5. The molecule has 1 aliphatic rings. The lowest BCUT2D eigenvalue weighted by Crippen LogP contribution is -2.36. The molecule has 1 atom stereocenters. The van der Waals surface area contributed by atoms with Crippen molar-refractivity contribution in [2.45, 2.75) is 26.9 Å². The lowest BCUT2D eigenvalue weighted by atomic mass is 10.3. The summed E-state index contributed by atoms with van der Waals surface area (Å²) in [6.07, 6.45) is 0.425. The van der Waals surface area contributed by atoms with E-state index in [-0.39, 0.29) is 0 Å². The van der Waals surface area contributed by atoms with E-state index in [9.17, 15) is 0 Å². The van der Waals surface area contributed by atoms with Crippen molar-refractivity contribution in [3.8, 4) is 0 Å². The minimum Gasteiger partial charge on any atom is -0.400 e. The Morgan fingerprint density at radius 3 is 2.09 bits per heavy atom. The lowest BCUT2D eigenvalue weighted by Gasteiger charge is -2.18. The summed E-state index contributed by atoms with van der Waals surface area (Å²) in [7, 11) is 1.00. The van der Waals surface area contributed by atoms with Gasteiger partial charge in [-0.3, -0.25) is 0 Å². The van der Waals surface area contributed by atoms with Crippen LogP contribution in [0.1, 0.15) is 20.8 Å². The zero-order valence-electron chi connectivity index (χ0n) is 8.05. The Balaban J connectivity index is 0. The summed E-state index contributed by atoms with van der Waals surface area (Å²) < 4.78 is 5.22. The van der Waals surface area contributed by atoms with E-state index in [1.807, 2.05) is 13.8 Å². The van der Waals surface area contributed by atoms with Gasteiger partial charge in [0.2, 0.25) is 0 Å². The summed E-state index contributed by atoms with van der Waals surface area (Å²) in [4.78, 5) is 0. The normalized spacial score (nSPS) is 22.1. The van der Waals surface area contributed by atoms with Crippen LogP contribution in [0.15, 0.2) is 0 Å². The van der Waals surface area contributed by atoms with Crippen LogP contribution in [0.3, 0.4) is 0 Å². The molecule has 0 radical (unpaired) electrons. The van der Waals surface area contributed by atoms with Gasteiger partial charge in [0.1, 0.15) is 0 Å². The maximum Gasteiger partial charge on any atom is 0.0672 e. The predicted octanol–water partition coefficient (Wildman–Crippen LogP) is 0.629. The monoisotopic (exact) mass is 163 g/mol. The highest BCUT2D eigenvalue weighted by Gasteiger charge is 2.04. The number of aliphatic hydroxyl groups is 1. The van der Waals surface area contributed by atoms with Gasteiger partial charge in [0.15, 0.2) is 0 Å². The van der Waals surface area contributed by atoms with Crippen molar-refractivity contribution >= 4 is 0 Å². The van der Waals surface area contributed by atoms with Crippen molar-refractivity contribution in [1.82, 2.24) is 5.32 Å². The SMILES string of the molecule is CC.CC1CNCCO1.CO. The molecule has 1 aliphatic heterocycles. The number of nitrogens with one attached hydrogen (secondary N) is 1. The highest BCUT2D eigenvalue weighted by Crippen LogP contribution is 1.91. The summed E-state index contributed by atoms with van der Waals surface area (Å²) in [5, 5.41) is 10.2. The summed E-state index contributed by atoms with van der Waals surface area (Å²) >= 11 is 0. The topological polar surface area (TPSA) is 41.5 Å². The molecule has 0 aliphatic carbocycles. The molecule has 0 aromatic carbocycles. The van der Waals surface area contributed by atoms with Crippen molar-refractivity contribution in [2.24, 2.45) is 0 Å². The molecule has 0 aromatic rings. The zero-order valence-corrected chi connectivity index (χ0v) is 8.05. The number of hydrogen-bond donors (Lipinski definition) is 2. The van der Waals surface area contributed by atoms with Crippen LogP contribution < -0.4 is 5.32 Å². The van der Waals surface area contributed by atoms with Gasteiger partial charge in [-0.25, -0.2) is 0 Å². The van der Waals surface area contributed by atoms with Gasteiger partial charge in [-0.05, 0) is 6.92 Å². The van der Waals surface area contributed by atoms with Crippen molar-refractivity contribution < 1.29 is 9.84 Å². The fourth-order valence-corrected chi connectivity index (χ4v) is 0.697. The molecular formula is C8H21NO2. The van der Waals surface area contributed by atoms with E-state index in [0.717, 1.165) is 26.8 Å². The smallest absolute Gasteiger partial charge is 0.0672 e. The van der Waals surface area contributed by atoms with Gasteiger partial charge < -0.3 is 15.2 Å².